The third kappa shape index (κ3) is 3.59. The number of amides is 1. The van der Waals surface area contributed by atoms with Gasteiger partial charge in [0.05, 0.1) is 24.2 Å². The lowest BCUT2D eigenvalue weighted by Gasteiger charge is -2.14. The van der Waals surface area contributed by atoms with Crippen molar-refractivity contribution in [2.75, 3.05) is 5.32 Å². The maximum atomic E-state index is 14.0. The molecule has 1 N–H and O–H groups in total. The fraction of sp³-hybridized carbons (Fsp3) is 0.286. The first kappa shape index (κ1) is 18.7. The lowest BCUT2D eigenvalue weighted by Crippen LogP contribution is -2.23. The number of hydrogen-bond acceptors (Lipinski definition) is 5. The highest BCUT2D eigenvalue weighted by Gasteiger charge is 2.29. The van der Waals surface area contributed by atoms with Crippen LogP contribution in [0.25, 0.3) is 22.0 Å². The van der Waals surface area contributed by atoms with E-state index in [4.69, 9.17) is 5.26 Å². The van der Waals surface area contributed by atoms with Crippen LogP contribution in [0.5, 0.6) is 0 Å². The summed E-state index contributed by atoms with van der Waals surface area (Å²) in [4.78, 5) is 33.4. The Labute approximate surface area is 165 Å². The van der Waals surface area contributed by atoms with Crippen LogP contribution in [-0.4, -0.2) is 20.4 Å². The highest BCUT2D eigenvalue weighted by atomic mass is 19.1. The van der Waals surface area contributed by atoms with Crippen molar-refractivity contribution in [1.82, 2.24) is 14.5 Å². The third-order valence-electron chi connectivity index (χ3n) is 5.07. The molecule has 3 aromatic rings. The third-order valence-corrected chi connectivity index (χ3v) is 5.07. The number of nitriles is 1. The molecule has 3 aromatic heterocycles. The lowest BCUT2D eigenvalue weighted by molar-refractivity contribution is -0.117. The van der Waals surface area contributed by atoms with E-state index in [1.54, 1.807) is 25.3 Å². The second-order valence-electron chi connectivity index (χ2n) is 7.11. The molecule has 29 heavy (non-hydrogen) atoms. The van der Waals surface area contributed by atoms with Crippen molar-refractivity contribution in [3.63, 3.8) is 0 Å². The van der Waals surface area contributed by atoms with Crippen LogP contribution < -0.4 is 10.9 Å². The number of fused-ring (bicyclic) bond motifs is 1. The molecular weight excluding hydrogens is 373 g/mol. The van der Waals surface area contributed by atoms with E-state index in [1.165, 1.54) is 10.8 Å². The zero-order valence-corrected chi connectivity index (χ0v) is 15.8. The van der Waals surface area contributed by atoms with Crippen molar-refractivity contribution in [1.29, 1.82) is 5.26 Å². The molecule has 1 saturated carbocycles. The van der Waals surface area contributed by atoms with Gasteiger partial charge in [0.1, 0.15) is 11.6 Å². The summed E-state index contributed by atoms with van der Waals surface area (Å²) in [5.41, 5.74) is 1.21. The van der Waals surface area contributed by atoms with E-state index in [0.29, 0.717) is 27.8 Å². The van der Waals surface area contributed by atoms with Gasteiger partial charge in [0.25, 0.3) is 5.56 Å². The van der Waals surface area contributed by atoms with Gasteiger partial charge in [0, 0.05) is 47.4 Å². The van der Waals surface area contributed by atoms with Gasteiger partial charge in [0.2, 0.25) is 5.91 Å². The maximum absolute atomic E-state index is 14.0. The van der Waals surface area contributed by atoms with Crippen LogP contribution in [0, 0.1) is 30.0 Å². The number of nitrogens with zero attached hydrogens (tertiary/aromatic N) is 4. The van der Waals surface area contributed by atoms with E-state index in [-0.39, 0.29) is 35.9 Å². The first-order valence-electron chi connectivity index (χ1n) is 9.31. The second-order valence-corrected chi connectivity index (χ2v) is 7.11. The highest BCUT2D eigenvalue weighted by molar-refractivity contribution is 5.95. The van der Waals surface area contributed by atoms with E-state index in [9.17, 15) is 14.0 Å². The number of rotatable bonds is 5. The van der Waals surface area contributed by atoms with E-state index < -0.39 is 5.82 Å². The van der Waals surface area contributed by atoms with Gasteiger partial charge < -0.3 is 9.88 Å². The predicted molar refractivity (Wildman–Crippen MR) is 106 cm³/mol. The minimum atomic E-state index is -0.498. The molecule has 0 saturated heterocycles. The topological polar surface area (TPSA) is 101 Å². The summed E-state index contributed by atoms with van der Waals surface area (Å²) in [6.07, 6.45) is 5.99. The molecule has 0 aromatic carbocycles. The Bertz CT molecular complexity index is 1220. The molecule has 1 fully saturated rings. The molecule has 0 unspecified atom stereocenters. The molecule has 0 radical (unpaired) electrons. The Balaban J connectivity index is 1.88. The predicted octanol–water partition coefficient (Wildman–Crippen LogP) is 3.17. The summed E-state index contributed by atoms with van der Waals surface area (Å²) in [6.45, 7) is 1.76. The molecule has 0 spiro atoms. The van der Waals surface area contributed by atoms with Crippen LogP contribution in [0.2, 0.25) is 0 Å². The number of nitrogens with one attached hydrogen (secondary N) is 1. The number of carbonyl (C=O) groups is 1. The monoisotopic (exact) mass is 391 g/mol. The minimum Gasteiger partial charge on any atom is -0.310 e. The average Bonchev–Trinajstić information content (AvgIpc) is 3.55. The molecule has 8 heteroatoms. The zero-order valence-electron chi connectivity index (χ0n) is 15.8. The number of aryl methyl sites for hydroxylation is 1. The Hall–Kier alpha value is -3.60. The van der Waals surface area contributed by atoms with Gasteiger partial charge in [-0.2, -0.15) is 5.26 Å². The number of aromatic nitrogens is 3. The maximum Gasteiger partial charge on any atom is 0.259 e. The van der Waals surface area contributed by atoms with E-state index in [2.05, 4.69) is 15.3 Å². The fourth-order valence-corrected chi connectivity index (χ4v) is 3.26. The number of carbonyl (C=O) groups excluding carboxylic acids is 1. The molecule has 4 rings (SSSR count). The average molecular weight is 391 g/mol. The van der Waals surface area contributed by atoms with Gasteiger partial charge in [-0.3, -0.25) is 14.6 Å². The van der Waals surface area contributed by atoms with Crippen LogP contribution in [0.15, 0.2) is 35.5 Å². The first-order chi connectivity index (χ1) is 14.0. The molecule has 1 aliphatic carbocycles. The second kappa shape index (κ2) is 7.43. The van der Waals surface area contributed by atoms with Gasteiger partial charge in [-0.1, -0.05) is 0 Å². The van der Waals surface area contributed by atoms with Crippen LogP contribution in [0.3, 0.4) is 0 Å². The largest absolute Gasteiger partial charge is 0.310 e. The van der Waals surface area contributed by atoms with Crippen LogP contribution >= 0.6 is 0 Å². The Morgan fingerprint density at radius 3 is 2.83 bits per heavy atom. The molecule has 1 aliphatic rings. The first-order valence-corrected chi connectivity index (χ1v) is 9.31. The van der Waals surface area contributed by atoms with Crippen LogP contribution in [0.1, 0.15) is 24.8 Å². The standard InChI is InChI=1S/C21H18FN5O2/c1-12-16(10-24-11-17(12)22)15-7-14-9-25-19(26-20(28)13-3-4-13)8-18(14)27(21(15)29)6-2-5-23/h7-11,13H,2-4,6H2,1H3,(H,25,26,28). The zero-order chi connectivity index (χ0) is 20.5. The Kier molecular flexibility index (Phi) is 4.80. The quantitative estimate of drug-likeness (QED) is 0.720. The lowest BCUT2D eigenvalue weighted by atomic mass is 10.0. The fourth-order valence-electron chi connectivity index (χ4n) is 3.26. The van der Waals surface area contributed by atoms with Crippen LogP contribution in [0.4, 0.5) is 10.2 Å². The van der Waals surface area contributed by atoms with Gasteiger partial charge in [-0.15, -0.1) is 0 Å². The van der Waals surface area contributed by atoms with Crippen molar-refractivity contribution in [2.24, 2.45) is 5.92 Å². The molecule has 3 heterocycles. The Morgan fingerprint density at radius 2 is 2.10 bits per heavy atom. The van der Waals surface area contributed by atoms with Crippen molar-refractivity contribution in [2.45, 2.75) is 32.7 Å². The normalized spacial score (nSPS) is 13.3. The van der Waals surface area contributed by atoms with Gasteiger partial charge in [-0.05, 0) is 31.4 Å². The Morgan fingerprint density at radius 1 is 1.31 bits per heavy atom. The summed E-state index contributed by atoms with van der Waals surface area (Å²) in [5.74, 6) is -0.197. The van der Waals surface area contributed by atoms with Crippen molar-refractivity contribution < 1.29 is 9.18 Å². The summed E-state index contributed by atoms with van der Waals surface area (Å²) >= 11 is 0. The molecule has 0 aliphatic heterocycles. The summed E-state index contributed by atoms with van der Waals surface area (Å²) < 4.78 is 15.5. The summed E-state index contributed by atoms with van der Waals surface area (Å²) in [7, 11) is 0. The van der Waals surface area contributed by atoms with E-state index in [1.807, 2.05) is 6.07 Å². The molecule has 7 nitrogen and oxygen atoms in total. The van der Waals surface area contributed by atoms with Gasteiger partial charge in [-0.25, -0.2) is 9.37 Å². The number of hydrogen-bond donors (Lipinski definition) is 1. The van der Waals surface area contributed by atoms with Crippen molar-refractivity contribution in [3.05, 3.63) is 52.5 Å². The van der Waals surface area contributed by atoms with Crippen molar-refractivity contribution >= 4 is 22.6 Å². The molecule has 0 atom stereocenters. The van der Waals surface area contributed by atoms with Crippen molar-refractivity contribution in [3.8, 4) is 17.2 Å². The summed E-state index contributed by atoms with van der Waals surface area (Å²) in [6, 6.07) is 5.32. The minimum absolute atomic E-state index is 0.0270. The van der Waals surface area contributed by atoms with Crippen LogP contribution in [-0.2, 0) is 11.3 Å². The smallest absolute Gasteiger partial charge is 0.259 e. The molecular formula is C21H18FN5O2. The van der Waals surface area contributed by atoms with Gasteiger partial charge in [0.15, 0.2) is 0 Å². The molecule has 1 amide bonds. The SMILES string of the molecule is Cc1c(F)cncc1-c1cc2cnc(NC(=O)C3CC3)cc2n(CCC#N)c1=O. The summed E-state index contributed by atoms with van der Waals surface area (Å²) in [5, 5.41) is 12.4. The van der Waals surface area contributed by atoms with Gasteiger partial charge >= 0.3 is 0 Å². The molecule has 0 bridgehead atoms. The number of halogens is 1. The van der Waals surface area contributed by atoms with E-state index in [0.717, 1.165) is 19.0 Å². The van der Waals surface area contributed by atoms with E-state index >= 15 is 0 Å². The number of pyridine rings is 3. The number of anilines is 1. The highest BCUT2D eigenvalue weighted by Crippen LogP contribution is 2.30. The molecule has 146 valence electrons.